The van der Waals surface area contributed by atoms with Crippen LogP contribution in [0.25, 0.3) is 0 Å². The molecule has 0 spiro atoms. The molecule has 0 aliphatic carbocycles. The first-order chi connectivity index (χ1) is 6.56. The van der Waals surface area contributed by atoms with Crippen LogP contribution in [0.1, 0.15) is 17.7 Å². The van der Waals surface area contributed by atoms with Gasteiger partial charge in [-0.2, -0.15) is 9.65 Å². The summed E-state index contributed by atoms with van der Waals surface area (Å²) in [5.74, 6) is -1.95. The zero-order chi connectivity index (χ0) is 10.7. The Morgan fingerprint density at radius 2 is 2.21 bits per heavy atom. The number of nitrogens with zero attached hydrogens (tertiary/aromatic N) is 2. The Kier molecular flexibility index (Phi) is 2.92. The number of rotatable bonds is 2. The van der Waals surface area contributed by atoms with E-state index in [1.165, 1.54) is 0 Å². The first kappa shape index (κ1) is 10.3. The van der Waals surface area contributed by atoms with Gasteiger partial charge in [0.2, 0.25) is 5.95 Å². The topological polar surface area (TPSA) is 56.9 Å². The Morgan fingerprint density at radius 1 is 1.57 bits per heavy atom. The molecule has 0 saturated heterocycles. The Bertz CT molecular complexity index is 387. The normalized spacial score (nSPS) is 10.2. The van der Waals surface area contributed by atoms with Gasteiger partial charge in [-0.1, -0.05) is 0 Å². The zero-order valence-corrected chi connectivity index (χ0v) is 6.84. The van der Waals surface area contributed by atoms with Gasteiger partial charge < -0.3 is 5.11 Å². The maximum Gasteiger partial charge on any atom is 0.268 e. The molecule has 6 heteroatoms. The van der Waals surface area contributed by atoms with Crippen molar-refractivity contribution in [3.8, 4) is 11.8 Å². The second-order valence-electron chi connectivity index (χ2n) is 2.47. The third-order valence-corrected chi connectivity index (χ3v) is 1.54. The van der Waals surface area contributed by atoms with Crippen LogP contribution in [0.5, 0.6) is 5.75 Å². The van der Waals surface area contributed by atoms with E-state index >= 15 is 0 Å². The van der Waals surface area contributed by atoms with E-state index in [9.17, 15) is 13.2 Å². The van der Waals surface area contributed by atoms with Gasteiger partial charge in [-0.3, -0.25) is 0 Å². The number of nitriles is 1. The van der Waals surface area contributed by atoms with Crippen molar-refractivity contribution < 1.29 is 18.3 Å². The third kappa shape index (κ3) is 1.93. The predicted molar refractivity (Wildman–Crippen MR) is 40.1 cm³/mol. The lowest BCUT2D eigenvalue weighted by atomic mass is 10.2. The molecule has 74 valence electrons. The van der Waals surface area contributed by atoms with Crippen molar-refractivity contribution in [2.24, 2.45) is 0 Å². The highest BCUT2D eigenvalue weighted by Crippen LogP contribution is 2.26. The molecule has 0 saturated carbocycles. The van der Waals surface area contributed by atoms with E-state index < -0.39 is 23.7 Å². The van der Waals surface area contributed by atoms with Crippen molar-refractivity contribution in [3.63, 3.8) is 0 Å². The Labute approximate surface area is 77.4 Å². The number of alkyl halides is 2. The molecule has 0 radical (unpaired) electrons. The number of aromatic hydroxyl groups is 1. The summed E-state index contributed by atoms with van der Waals surface area (Å²) in [6, 6.07) is 2.21. The lowest BCUT2D eigenvalue weighted by molar-refractivity contribution is 0.144. The molecule has 1 N–H and O–H groups in total. The predicted octanol–water partition coefficient (Wildman–Crippen LogP) is 1.93. The fourth-order valence-electron chi connectivity index (χ4n) is 0.888. The second kappa shape index (κ2) is 3.96. The summed E-state index contributed by atoms with van der Waals surface area (Å²) in [6.45, 7) is 0. The highest BCUT2D eigenvalue weighted by molar-refractivity contribution is 5.32. The SMILES string of the molecule is N#CCc1nc(F)c(C(F)F)cc1O. The smallest absolute Gasteiger partial charge is 0.268 e. The molecule has 0 aliphatic heterocycles. The van der Waals surface area contributed by atoms with Crippen LogP contribution in [0.3, 0.4) is 0 Å². The lowest BCUT2D eigenvalue weighted by Crippen LogP contribution is -1.99. The van der Waals surface area contributed by atoms with Crippen LogP contribution in [0, 0.1) is 17.3 Å². The van der Waals surface area contributed by atoms with Gasteiger partial charge >= 0.3 is 0 Å². The average molecular weight is 202 g/mol. The van der Waals surface area contributed by atoms with Gasteiger partial charge in [0, 0.05) is 0 Å². The van der Waals surface area contributed by atoms with Gasteiger partial charge in [0.15, 0.2) is 0 Å². The number of aromatic nitrogens is 1. The summed E-state index contributed by atoms with van der Waals surface area (Å²) in [5.41, 5.74) is -1.21. The Morgan fingerprint density at radius 3 is 2.71 bits per heavy atom. The van der Waals surface area contributed by atoms with Gasteiger partial charge in [-0.25, -0.2) is 13.8 Å². The summed E-state index contributed by atoms with van der Waals surface area (Å²) in [4.78, 5) is 3.06. The van der Waals surface area contributed by atoms with Crippen molar-refractivity contribution in [1.82, 2.24) is 4.98 Å². The van der Waals surface area contributed by atoms with Gasteiger partial charge in [-0.05, 0) is 6.07 Å². The maximum atomic E-state index is 12.8. The molecule has 3 nitrogen and oxygen atoms in total. The molecule has 0 amide bonds. The van der Waals surface area contributed by atoms with E-state index in [2.05, 4.69) is 4.98 Å². The molecule has 14 heavy (non-hydrogen) atoms. The van der Waals surface area contributed by atoms with Crippen molar-refractivity contribution in [2.45, 2.75) is 12.8 Å². The van der Waals surface area contributed by atoms with Crippen molar-refractivity contribution in [1.29, 1.82) is 5.26 Å². The van der Waals surface area contributed by atoms with Gasteiger partial charge in [0.25, 0.3) is 6.43 Å². The molecular weight excluding hydrogens is 197 g/mol. The lowest BCUT2D eigenvalue weighted by Gasteiger charge is -2.04. The number of pyridine rings is 1. The van der Waals surface area contributed by atoms with E-state index in [-0.39, 0.29) is 12.1 Å². The highest BCUT2D eigenvalue weighted by atomic mass is 19.3. The number of hydrogen-bond acceptors (Lipinski definition) is 3. The minimum Gasteiger partial charge on any atom is -0.506 e. The standard InChI is InChI=1S/C8H5F3N2O/c9-7(10)4-3-6(14)5(1-2-12)13-8(4)11/h3,7,14H,1H2. The second-order valence-corrected chi connectivity index (χ2v) is 2.47. The van der Waals surface area contributed by atoms with E-state index in [1.807, 2.05) is 0 Å². The monoisotopic (exact) mass is 202 g/mol. The van der Waals surface area contributed by atoms with Crippen molar-refractivity contribution in [3.05, 3.63) is 23.3 Å². The molecule has 1 rings (SSSR count). The van der Waals surface area contributed by atoms with E-state index in [1.54, 1.807) is 6.07 Å². The quantitative estimate of drug-likeness (QED) is 0.745. The van der Waals surface area contributed by atoms with Crippen LogP contribution < -0.4 is 0 Å². The van der Waals surface area contributed by atoms with Crippen LogP contribution in [-0.4, -0.2) is 10.1 Å². The zero-order valence-electron chi connectivity index (χ0n) is 6.84. The highest BCUT2D eigenvalue weighted by Gasteiger charge is 2.17. The minimum absolute atomic E-state index is 0.241. The summed E-state index contributed by atoms with van der Waals surface area (Å²) >= 11 is 0. The molecule has 1 aromatic heterocycles. The number of halogens is 3. The molecule has 0 aliphatic rings. The summed E-state index contributed by atoms with van der Waals surface area (Å²) in [5, 5.41) is 17.3. The molecule has 0 fully saturated rings. The Hall–Kier alpha value is -1.77. The van der Waals surface area contributed by atoms with Crippen molar-refractivity contribution in [2.75, 3.05) is 0 Å². The fraction of sp³-hybridized carbons (Fsp3) is 0.250. The molecule has 1 heterocycles. The first-order valence-electron chi connectivity index (χ1n) is 3.59. The van der Waals surface area contributed by atoms with Crippen LogP contribution in [0.15, 0.2) is 6.07 Å². The number of hydrogen-bond donors (Lipinski definition) is 1. The largest absolute Gasteiger partial charge is 0.506 e. The molecule has 0 atom stereocenters. The fourth-order valence-corrected chi connectivity index (χ4v) is 0.888. The van der Waals surface area contributed by atoms with Crippen LogP contribution >= 0.6 is 0 Å². The summed E-state index contributed by atoms with van der Waals surface area (Å²) in [6.07, 6.45) is -3.36. The van der Waals surface area contributed by atoms with Gasteiger partial charge in [0.05, 0.1) is 23.7 Å². The van der Waals surface area contributed by atoms with Gasteiger partial charge in [0.1, 0.15) is 5.75 Å². The summed E-state index contributed by atoms with van der Waals surface area (Å²) < 4.78 is 36.9. The van der Waals surface area contributed by atoms with Crippen LogP contribution in [-0.2, 0) is 6.42 Å². The molecule has 0 aromatic carbocycles. The molecule has 1 aromatic rings. The third-order valence-electron chi connectivity index (χ3n) is 1.54. The van der Waals surface area contributed by atoms with Gasteiger partial charge in [-0.15, -0.1) is 0 Å². The molecule has 0 unspecified atom stereocenters. The van der Waals surface area contributed by atoms with E-state index in [4.69, 9.17) is 10.4 Å². The van der Waals surface area contributed by atoms with Crippen LogP contribution in [0.4, 0.5) is 13.2 Å². The minimum atomic E-state index is -3.04. The maximum absolute atomic E-state index is 12.8. The first-order valence-corrected chi connectivity index (χ1v) is 3.59. The van der Waals surface area contributed by atoms with E-state index in [0.717, 1.165) is 0 Å². The molecular formula is C8H5F3N2O. The van der Waals surface area contributed by atoms with Crippen molar-refractivity contribution >= 4 is 0 Å². The summed E-state index contributed by atoms with van der Waals surface area (Å²) in [7, 11) is 0. The van der Waals surface area contributed by atoms with E-state index in [0.29, 0.717) is 6.07 Å². The van der Waals surface area contributed by atoms with Crippen LogP contribution in [0.2, 0.25) is 0 Å². The average Bonchev–Trinajstić information content (AvgIpc) is 2.10. The molecule has 0 bridgehead atoms. The Balaban J connectivity index is 3.18.